The van der Waals surface area contributed by atoms with Crippen molar-refractivity contribution in [1.29, 1.82) is 0 Å². The molecule has 0 unspecified atom stereocenters. The van der Waals surface area contributed by atoms with Gasteiger partial charge in [-0.05, 0) is 31.7 Å². The van der Waals surface area contributed by atoms with Gasteiger partial charge in [0.25, 0.3) is 0 Å². The van der Waals surface area contributed by atoms with E-state index < -0.39 is 0 Å². The van der Waals surface area contributed by atoms with Crippen molar-refractivity contribution in [2.45, 2.75) is 25.7 Å². The summed E-state index contributed by atoms with van der Waals surface area (Å²) in [5, 5.41) is 0. The molecule has 0 aliphatic carbocycles. The van der Waals surface area contributed by atoms with Gasteiger partial charge in [0, 0.05) is 19.6 Å². The Kier molecular flexibility index (Phi) is 5.56. The Morgan fingerprint density at radius 3 is 2.79 bits per heavy atom. The standard InChI is InChI=1S/C10H19NO3/c11-5-1-2-10(12)14-8-9-3-6-13-7-4-9/h9H,1-8,11H2. The third-order valence-corrected chi connectivity index (χ3v) is 2.41. The van der Waals surface area contributed by atoms with Gasteiger partial charge in [-0.15, -0.1) is 0 Å². The molecule has 0 atom stereocenters. The van der Waals surface area contributed by atoms with Crippen LogP contribution in [0.2, 0.25) is 0 Å². The van der Waals surface area contributed by atoms with E-state index in [1.165, 1.54) is 0 Å². The molecule has 0 aromatic heterocycles. The zero-order chi connectivity index (χ0) is 10.2. The van der Waals surface area contributed by atoms with Crippen LogP contribution in [-0.4, -0.2) is 32.3 Å². The number of hydrogen-bond donors (Lipinski definition) is 1. The van der Waals surface area contributed by atoms with Crippen LogP contribution in [0.15, 0.2) is 0 Å². The van der Waals surface area contributed by atoms with Gasteiger partial charge in [0.15, 0.2) is 0 Å². The van der Waals surface area contributed by atoms with E-state index in [-0.39, 0.29) is 5.97 Å². The smallest absolute Gasteiger partial charge is 0.305 e. The van der Waals surface area contributed by atoms with Crippen molar-refractivity contribution in [3.8, 4) is 0 Å². The fraction of sp³-hybridized carbons (Fsp3) is 0.900. The molecule has 1 fully saturated rings. The van der Waals surface area contributed by atoms with Crippen LogP contribution in [0.25, 0.3) is 0 Å². The zero-order valence-corrected chi connectivity index (χ0v) is 8.54. The maximum Gasteiger partial charge on any atom is 0.305 e. The number of hydrogen-bond acceptors (Lipinski definition) is 4. The summed E-state index contributed by atoms with van der Waals surface area (Å²) in [6.07, 6.45) is 3.17. The summed E-state index contributed by atoms with van der Waals surface area (Å²) in [5.74, 6) is 0.368. The van der Waals surface area contributed by atoms with Gasteiger partial charge in [0.1, 0.15) is 0 Å². The molecule has 4 heteroatoms. The Labute approximate surface area is 84.7 Å². The van der Waals surface area contributed by atoms with Crippen LogP contribution in [0.1, 0.15) is 25.7 Å². The number of esters is 1. The van der Waals surface area contributed by atoms with Crippen molar-refractivity contribution in [1.82, 2.24) is 0 Å². The average molecular weight is 201 g/mol. The average Bonchev–Trinajstić information content (AvgIpc) is 2.25. The van der Waals surface area contributed by atoms with Crippen molar-refractivity contribution in [2.75, 3.05) is 26.4 Å². The summed E-state index contributed by atoms with van der Waals surface area (Å²) in [4.78, 5) is 11.1. The van der Waals surface area contributed by atoms with E-state index in [2.05, 4.69) is 0 Å². The monoisotopic (exact) mass is 201 g/mol. The fourth-order valence-corrected chi connectivity index (χ4v) is 1.44. The molecule has 2 N–H and O–H groups in total. The molecule has 14 heavy (non-hydrogen) atoms. The number of rotatable bonds is 5. The molecule has 0 saturated carbocycles. The number of carbonyl (C=O) groups excluding carboxylic acids is 1. The predicted octanol–water partition coefficient (Wildman–Crippen LogP) is 0.695. The largest absolute Gasteiger partial charge is 0.465 e. The molecule has 0 aromatic carbocycles. The first-order valence-electron chi connectivity index (χ1n) is 5.26. The lowest BCUT2D eigenvalue weighted by Gasteiger charge is -2.21. The first-order chi connectivity index (χ1) is 6.83. The van der Waals surface area contributed by atoms with Gasteiger partial charge < -0.3 is 15.2 Å². The third-order valence-electron chi connectivity index (χ3n) is 2.41. The topological polar surface area (TPSA) is 61.6 Å². The van der Waals surface area contributed by atoms with Crippen LogP contribution in [-0.2, 0) is 14.3 Å². The number of nitrogens with two attached hydrogens (primary N) is 1. The van der Waals surface area contributed by atoms with Crippen molar-refractivity contribution in [3.05, 3.63) is 0 Å². The molecule has 1 saturated heterocycles. The third kappa shape index (κ3) is 4.58. The summed E-state index contributed by atoms with van der Waals surface area (Å²) < 4.78 is 10.3. The maximum atomic E-state index is 11.1. The van der Waals surface area contributed by atoms with E-state index in [0.29, 0.717) is 31.9 Å². The van der Waals surface area contributed by atoms with Crippen molar-refractivity contribution in [2.24, 2.45) is 11.7 Å². The van der Waals surface area contributed by atoms with Crippen LogP contribution < -0.4 is 5.73 Å². The highest BCUT2D eigenvalue weighted by Crippen LogP contribution is 2.14. The molecule has 82 valence electrons. The van der Waals surface area contributed by atoms with Crippen molar-refractivity contribution < 1.29 is 14.3 Å². The molecule has 0 amide bonds. The lowest BCUT2D eigenvalue weighted by molar-refractivity contribution is -0.146. The molecule has 1 heterocycles. The Bertz CT molecular complexity index is 167. The summed E-state index contributed by atoms with van der Waals surface area (Å²) in [7, 11) is 0. The van der Waals surface area contributed by atoms with E-state index in [1.54, 1.807) is 0 Å². The minimum Gasteiger partial charge on any atom is -0.465 e. The molecular weight excluding hydrogens is 182 g/mol. The van der Waals surface area contributed by atoms with Gasteiger partial charge in [0.05, 0.1) is 6.61 Å². The van der Waals surface area contributed by atoms with Gasteiger partial charge in [-0.1, -0.05) is 0 Å². The highest BCUT2D eigenvalue weighted by molar-refractivity contribution is 5.69. The van der Waals surface area contributed by atoms with Crippen LogP contribution in [0, 0.1) is 5.92 Å². The Morgan fingerprint density at radius 1 is 1.43 bits per heavy atom. The fourth-order valence-electron chi connectivity index (χ4n) is 1.44. The van der Waals surface area contributed by atoms with Crippen LogP contribution in [0.4, 0.5) is 0 Å². The molecule has 1 aliphatic rings. The molecule has 1 aliphatic heterocycles. The maximum absolute atomic E-state index is 11.1. The SMILES string of the molecule is NCCCC(=O)OCC1CCOCC1. The second kappa shape index (κ2) is 6.79. The molecule has 0 radical (unpaired) electrons. The molecule has 0 spiro atoms. The highest BCUT2D eigenvalue weighted by Gasteiger charge is 2.15. The molecule has 1 rings (SSSR count). The second-order valence-electron chi connectivity index (χ2n) is 3.63. The van der Waals surface area contributed by atoms with Gasteiger partial charge in [-0.2, -0.15) is 0 Å². The normalized spacial score (nSPS) is 18.1. The van der Waals surface area contributed by atoms with Gasteiger partial charge in [0.2, 0.25) is 0 Å². The predicted molar refractivity (Wildman–Crippen MR) is 52.8 cm³/mol. The molecule has 0 bridgehead atoms. The summed E-state index contributed by atoms with van der Waals surface area (Å²) in [5.41, 5.74) is 5.29. The van der Waals surface area contributed by atoms with Crippen LogP contribution in [0.5, 0.6) is 0 Å². The van der Waals surface area contributed by atoms with Crippen LogP contribution >= 0.6 is 0 Å². The quantitative estimate of drug-likeness (QED) is 0.665. The molecule has 0 aromatic rings. The van der Waals surface area contributed by atoms with E-state index in [0.717, 1.165) is 26.1 Å². The van der Waals surface area contributed by atoms with Crippen LogP contribution in [0.3, 0.4) is 0 Å². The Balaban J connectivity index is 2.03. The summed E-state index contributed by atoms with van der Waals surface area (Å²) >= 11 is 0. The van der Waals surface area contributed by atoms with Gasteiger partial charge in [-0.25, -0.2) is 0 Å². The number of ether oxygens (including phenoxy) is 2. The van der Waals surface area contributed by atoms with Gasteiger partial charge >= 0.3 is 5.97 Å². The highest BCUT2D eigenvalue weighted by atomic mass is 16.5. The van der Waals surface area contributed by atoms with Gasteiger partial charge in [-0.3, -0.25) is 4.79 Å². The van der Waals surface area contributed by atoms with E-state index in [1.807, 2.05) is 0 Å². The first-order valence-corrected chi connectivity index (χ1v) is 5.26. The minimum atomic E-state index is -0.123. The van der Waals surface area contributed by atoms with Crippen molar-refractivity contribution in [3.63, 3.8) is 0 Å². The zero-order valence-electron chi connectivity index (χ0n) is 8.54. The Hall–Kier alpha value is -0.610. The lowest BCUT2D eigenvalue weighted by atomic mass is 10.0. The van der Waals surface area contributed by atoms with E-state index in [4.69, 9.17) is 15.2 Å². The summed E-state index contributed by atoms with van der Waals surface area (Å²) in [6, 6.07) is 0. The molecule has 4 nitrogen and oxygen atoms in total. The first kappa shape index (κ1) is 11.5. The van der Waals surface area contributed by atoms with E-state index in [9.17, 15) is 4.79 Å². The second-order valence-corrected chi connectivity index (χ2v) is 3.63. The van der Waals surface area contributed by atoms with E-state index >= 15 is 0 Å². The minimum absolute atomic E-state index is 0.123. The lowest BCUT2D eigenvalue weighted by Crippen LogP contribution is -2.22. The van der Waals surface area contributed by atoms with Crippen molar-refractivity contribution >= 4 is 5.97 Å². The number of carbonyl (C=O) groups is 1. The summed E-state index contributed by atoms with van der Waals surface area (Å²) in [6.45, 7) is 2.69. The Morgan fingerprint density at radius 2 is 2.14 bits per heavy atom. The molecular formula is C10H19NO3.